The Morgan fingerprint density at radius 2 is 2.36 bits per heavy atom. The second kappa shape index (κ2) is 4.57. The fourth-order valence-electron chi connectivity index (χ4n) is 0.930. The molecule has 1 aliphatic rings. The minimum Gasteiger partial charge on any atom is -0.300 e. The summed E-state index contributed by atoms with van der Waals surface area (Å²) in [6.07, 6.45) is 6.71. The first-order valence-electron chi connectivity index (χ1n) is 3.80. The van der Waals surface area contributed by atoms with E-state index in [2.05, 4.69) is 4.90 Å². The van der Waals surface area contributed by atoms with Crippen LogP contribution in [0.3, 0.4) is 0 Å². The minimum absolute atomic E-state index is 0.144. The molecule has 1 saturated heterocycles. The maximum atomic E-state index is 10.8. The molecule has 0 saturated carbocycles. The summed E-state index contributed by atoms with van der Waals surface area (Å²) in [6.45, 7) is 3.32. The van der Waals surface area contributed by atoms with Crippen LogP contribution in [0.25, 0.3) is 0 Å². The van der Waals surface area contributed by atoms with E-state index in [4.69, 9.17) is 0 Å². The third-order valence-corrected chi connectivity index (χ3v) is 2.31. The van der Waals surface area contributed by atoms with E-state index in [1.807, 2.05) is 6.08 Å². The van der Waals surface area contributed by atoms with E-state index in [1.54, 1.807) is 12.3 Å². The molecule has 0 aromatic heterocycles. The molecule has 0 aromatic carbocycles. The molecule has 0 aromatic rings. The molecule has 0 spiro atoms. The number of hydrogen-bond acceptors (Lipinski definition) is 3. The summed E-state index contributed by atoms with van der Waals surface area (Å²) in [6, 6.07) is 0. The van der Waals surface area contributed by atoms with Gasteiger partial charge < -0.3 is 0 Å². The van der Waals surface area contributed by atoms with Crippen LogP contribution in [0.5, 0.6) is 0 Å². The average Bonchev–Trinajstić information content (AvgIpc) is 1.94. The molecule has 62 valence electrons. The largest absolute Gasteiger partial charge is 0.300 e. The number of thioether (sulfide) groups is 1. The smallest absolute Gasteiger partial charge is 0.211 e. The highest BCUT2D eigenvalue weighted by Gasteiger charge is 2.10. The third kappa shape index (κ3) is 3.08. The SMILES string of the molecule is CSC(=O)/C=C/CN1CCC1. The van der Waals surface area contributed by atoms with Crippen molar-refractivity contribution < 1.29 is 4.79 Å². The van der Waals surface area contributed by atoms with Gasteiger partial charge in [0.1, 0.15) is 0 Å². The standard InChI is InChI=1S/C8H13NOS/c1-11-8(10)4-2-5-9-6-3-7-9/h2,4H,3,5-7H2,1H3/b4-2+. The first kappa shape index (κ1) is 8.81. The molecule has 1 aliphatic heterocycles. The molecule has 1 fully saturated rings. The van der Waals surface area contributed by atoms with Gasteiger partial charge in [-0.25, -0.2) is 0 Å². The first-order chi connectivity index (χ1) is 5.33. The van der Waals surface area contributed by atoms with Crippen LogP contribution < -0.4 is 0 Å². The zero-order valence-corrected chi connectivity index (χ0v) is 7.56. The van der Waals surface area contributed by atoms with Gasteiger partial charge in [-0.2, -0.15) is 0 Å². The van der Waals surface area contributed by atoms with Crippen molar-refractivity contribution in [3.8, 4) is 0 Å². The molecule has 11 heavy (non-hydrogen) atoms. The van der Waals surface area contributed by atoms with Crippen molar-refractivity contribution in [3.63, 3.8) is 0 Å². The summed E-state index contributed by atoms with van der Waals surface area (Å²) in [5.74, 6) is 0. The van der Waals surface area contributed by atoms with Crippen molar-refractivity contribution in [3.05, 3.63) is 12.2 Å². The number of hydrogen-bond donors (Lipinski definition) is 0. The van der Waals surface area contributed by atoms with Crippen LogP contribution in [0, 0.1) is 0 Å². The third-order valence-electron chi connectivity index (χ3n) is 1.77. The molecule has 0 radical (unpaired) electrons. The lowest BCUT2D eigenvalue weighted by molar-refractivity contribution is -0.107. The predicted octanol–water partition coefficient (Wildman–Crippen LogP) is 1.14. The Morgan fingerprint density at radius 1 is 1.64 bits per heavy atom. The van der Waals surface area contributed by atoms with Gasteiger partial charge in [-0.1, -0.05) is 17.8 Å². The van der Waals surface area contributed by atoms with Gasteiger partial charge in [0.25, 0.3) is 0 Å². The van der Waals surface area contributed by atoms with Crippen LogP contribution in [-0.2, 0) is 4.79 Å². The Balaban J connectivity index is 2.09. The van der Waals surface area contributed by atoms with Crippen molar-refractivity contribution in [1.82, 2.24) is 4.90 Å². The first-order valence-corrected chi connectivity index (χ1v) is 5.02. The number of carbonyl (C=O) groups excluding carboxylic acids is 1. The minimum atomic E-state index is 0.144. The fourth-order valence-corrected chi connectivity index (χ4v) is 1.16. The van der Waals surface area contributed by atoms with Crippen molar-refractivity contribution in [2.75, 3.05) is 25.9 Å². The second-order valence-corrected chi connectivity index (χ2v) is 3.39. The number of rotatable bonds is 3. The van der Waals surface area contributed by atoms with Gasteiger partial charge in [0, 0.05) is 6.54 Å². The van der Waals surface area contributed by atoms with E-state index in [9.17, 15) is 4.79 Å². The molecule has 0 unspecified atom stereocenters. The molecule has 1 rings (SSSR count). The molecule has 0 aliphatic carbocycles. The molecular weight excluding hydrogens is 158 g/mol. The fraction of sp³-hybridized carbons (Fsp3) is 0.625. The van der Waals surface area contributed by atoms with Crippen LogP contribution in [-0.4, -0.2) is 35.9 Å². The molecule has 0 bridgehead atoms. The van der Waals surface area contributed by atoms with Crippen molar-refractivity contribution in [1.29, 1.82) is 0 Å². The molecule has 0 N–H and O–H groups in total. The number of nitrogens with zero attached hydrogens (tertiary/aromatic N) is 1. The highest BCUT2D eigenvalue weighted by molar-refractivity contribution is 8.13. The molecule has 0 amide bonds. The van der Waals surface area contributed by atoms with E-state index in [1.165, 1.54) is 31.3 Å². The average molecular weight is 171 g/mol. The van der Waals surface area contributed by atoms with Crippen molar-refractivity contribution in [2.24, 2.45) is 0 Å². The molecular formula is C8H13NOS. The maximum Gasteiger partial charge on any atom is 0.211 e. The van der Waals surface area contributed by atoms with Crippen LogP contribution in [0.15, 0.2) is 12.2 Å². The Labute approximate surface area is 71.6 Å². The summed E-state index contributed by atoms with van der Waals surface area (Å²) in [7, 11) is 0. The highest BCUT2D eigenvalue weighted by Crippen LogP contribution is 2.04. The van der Waals surface area contributed by atoms with E-state index in [0.29, 0.717) is 0 Å². The zero-order valence-electron chi connectivity index (χ0n) is 6.75. The van der Waals surface area contributed by atoms with E-state index >= 15 is 0 Å². The van der Waals surface area contributed by atoms with Crippen molar-refractivity contribution in [2.45, 2.75) is 6.42 Å². The lowest BCUT2D eigenvalue weighted by Gasteiger charge is -2.29. The second-order valence-electron chi connectivity index (χ2n) is 2.58. The van der Waals surface area contributed by atoms with Gasteiger partial charge in [0.05, 0.1) is 0 Å². The summed E-state index contributed by atoms with van der Waals surface area (Å²) in [5.41, 5.74) is 0. The number of likely N-dealkylation sites (tertiary alicyclic amines) is 1. The topological polar surface area (TPSA) is 20.3 Å². The van der Waals surface area contributed by atoms with Gasteiger partial charge >= 0.3 is 0 Å². The van der Waals surface area contributed by atoms with Crippen LogP contribution >= 0.6 is 11.8 Å². The summed E-state index contributed by atoms with van der Waals surface area (Å²) in [5, 5.41) is 0.144. The zero-order chi connectivity index (χ0) is 8.10. The van der Waals surface area contributed by atoms with E-state index in [-0.39, 0.29) is 5.12 Å². The Hall–Kier alpha value is -0.280. The Kier molecular flexibility index (Phi) is 3.66. The Bertz CT molecular complexity index is 163. The van der Waals surface area contributed by atoms with Crippen LogP contribution in [0.1, 0.15) is 6.42 Å². The lowest BCUT2D eigenvalue weighted by atomic mass is 10.2. The van der Waals surface area contributed by atoms with E-state index in [0.717, 1.165) is 6.54 Å². The van der Waals surface area contributed by atoms with Crippen LogP contribution in [0.2, 0.25) is 0 Å². The van der Waals surface area contributed by atoms with E-state index < -0.39 is 0 Å². The summed E-state index contributed by atoms with van der Waals surface area (Å²) >= 11 is 1.26. The molecule has 0 atom stereocenters. The quantitative estimate of drug-likeness (QED) is 0.594. The lowest BCUT2D eigenvalue weighted by Crippen LogP contribution is -2.36. The summed E-state index contributed by atoms with van der Waals surface area (Å²) in [4.78, 5) is 13.1. The van der Waals surface area contributed by atoms with Gasteiger partial charge in [0.2, 0.25) is 5.12 Å². The monoisotopic (exact) mass is 171 g/mol. The Morgan fingerprint density at radius 3 is 2.82 bits per heavy atom. The number of carbonyl (C=O) groups is 1. The summed E-state index contributed by atoms with van der Waals surface area (Å²) < 4.78 is 0. The molecule has 2 nitrogen and oxygen atoms in total. The van der Waals surface area contributed by atoms with Gasteiger partial charge in [-0.15, -0.1) is 0 Å². The maximum absolute atomic E-state index is 10.8. The van der Waals surface area contributed by atoms with Crippen molar-refractivity contribution >= 4 is 16.9 Å². The van der Waals surface area contributed by atoms with Gasteiger partial charge in [0.15, 0.2) is 0 Å². The highest BCUT2D eigenvalue weighted by atomic mass is 32.2. The molecule has 3 heteroatoms. The normalized spacial score (nSPS) is 18.6. The van der Waals surface area contributed by atoms with Crippen LogP contribution in [0.4, 0.5) is 0 Å². The van der Waals surface area contributed by atoms with Gasteiger partial charge in [-0.05, 0) is 31.8 Å². The van der Waals surface area contributed by atoms with Gasteiger partial charge in [-0.3, -0.25) is 9.69 Å². The molecule has 1 heterocycles. The predicted molar refractivity (Wildman–Crippen MR) is 48.7 cm³/mol.